The first-order valence-corrected chi connectivity index (χ1v) is 7.12. The number of hydrogen-bond donors (Lipinski definition) is 3. The summed E-state index contributed by atoms with van der Waals surface area (Å²) in [5.74, 6) is 0.00330. The molecule has 0 radical (unpaired) electrons. The van der Waals surface area contributed by atoms with E-state index in [-0.39, 0.29) is 18.5 Å². The van der Waals surface area contributed by atoms with Gasteiger partial charge in [-0.15, -0.1) is 0 Å². The fourth-order valence-electron chi connectivity index (χ4n) is 1.70. The van der Waals surface area contributed by atoms with Gasteiger partial charge in [0, 0.05) is 19.0 Å². The van der Waals surface area contributed by atoms with Crippen LogP contribution in [0, 0.1) is 11.8 Å². The first-order chi connectivity index (χ1) is 8.86. The minimum atomic E-state index is -0.764. The van der Waals surface area contributed by atoms with Crippen LogP contribution in [-0.4, -0.2) is 29.7 Å². The lowest BCUT2D eigenvalue weighted by atomic mass is 10.0. The highest BCUT2D eigenvalue weighted by Gasteiger charge is 2.13. The van der Waals surface area contributed by atoms with E-state index in [9.17, 15) is 9.59 Å². The number of amides is 2. The molecule has 3 atom stereocenters. The number of rotatable bonds is 9. The zero-order valence-electron chi connectivity index (χ0n) is 12.5. The van der Waals surface area contributed by atoms with Gasteiger partial charge in [-0.1, -0.05) is 27.2 Å². The molecule has 3 unspecified atom stereocenters. The molecule has 0 saturated heterocycles. The fraction of sp³-hybridized carbons (Fsp3) is 0.857. The molecule has 0 aromatic rings. The zero-order chi connectivity index (χ0) is 14.8. The van der Waals surface area contributed by atoms with Gasteiger partial charge in [0.15, 0.2) is 0 Å². The fourth-order valence-corrected chi connectivity index (χ4v) is 1.70. The summed E-state index contributed by atoms with van der Waals surface area (Å²) in [6.45, 7) is 8.80. The van der Waals surface area contributed by atoms with Gasteiger partial charge in [0.1, 0.15) is 0 Å². The summed E-state index contributed by atoms with van der Waals surface area (Å²) >= 11 is 0. The Morgan fingerprint density at radius 3 is 2.32 bits per heavy atom. The van der Waals surface area contributed by atoms with Crippen LogP contribution in [0.1, 0.15) is 53.4 Å². The van der Waals surface area contributed by atoms with Crippen LogP contribution in [0.5, 0.6) is 0 Å². The van der Waals surface area contributed by atoms with Crippen molar-refractivity contribution in [2.24, 2.45) is 11.8 Å². The molecule has 0 spiro atoms. The number of carboxylic acid groups (broad SMARTS) is 1. The van der Waals surface area contributed by atoms with Gasteiger partial charge in [-0.2, -0.15) is 0 Å². The van der Waals surface area contributed by atoms with Crippen LogP contribution < -0.4 is 10.6 Å². The molecule has 5 nitrogen and oxygen atoms in total. The van der Waals surface area contributed by atoms with Crippen molar-refractivity contribution in [3.63, 3.8) is 0 Å². The monoisotopic (exact) mass is 272 g/mol. The van der Waals surface area contributed by atoms with E-state index in [1.807, 2.05) is 13.8 Å². The highest BCUT2D eigenvalue weighted by molar-refractivity contribution is 5.74. The Morgan fingerprint density at radius 2 is 1.79 bits per heavy atom. The maximum atomic E-state index is 11.6. The summed E-state index contributed by atoms with van der Waals surface area (Å²) in [4.78, 5) is 22.0. The molecule has 0 bridgehead atoms. The van der Waals surface area contributed by atoms with Gasteiger partial charge >= 0.3 is 12.0 Å². The van der Waals surface area contributed by atoms with Crippen LogP contribution in [0.15, 0.2) is 0 Å². The van der Waals surface area contributed by atoms with Crippen molar-refractivity contribution in [1.82, 2.24) is 10.6 Å². The average Bonchev–Trinajstić information content (AvgIpc) is 2.35. The maximum Gasteiger partial charge on any atom is 0.315 e. The smallest absolute Gasteiger partial charge is 0.315 e. The Hall–Kier alpha value is -1.26. The van der Waals surface area contributed by atoms with Gasteiger partial charge in [0.05, 0.1) is 0 Å². The van der Waals surface area contributed by atoms with Crippen LogP contribution in [0.4, 0.5) is 4.79 Å². The van der Waals surface area contributed by atoms with Crippen molar-refractivity contribution in [2.75, 3.05) is 6.54 Å². The largest absolute Gasteiger partial charge is 0.481 e. The van der Waals surface area contributed by atoms with Crippen molar-refractivity contribution < 1.29 is 14.7 Å². The van der Waals surface area contributed by atoms with Gasteiger partial charge < -0.3 is 15.7 Å². The van der Waals surface area contributed by atoms with Crippen molar-refractivity contribution in [3.8, 4) is 0 Å². The Labute approximate surface area is 116 Å². The quantitative estimate of drug-likeness (QED) is 0.603. The standard InChI is InChI=1S/C14H28N2O3/c1-5-11(3)12(4)16-14(19)15-9-8-10(2)6-7-13(17)18/h10-12H,5-9H2,1-4H3,(H,17,18)(H2,15,16,19). The molecule has 19 heavy (non-hydrogen) atoms. The van der Waals surface area contributed by atoms with Crippen LogP contribution in [-0.2, 0) is 4.79 Å². The third-order valence-corrected chi connectivity index (χ3v) is 3.63. The van der Waals surface area contributed by atoms with E-state index in [1.54, 1.807) is 0 Å². The second-order valence-corrected chi connectivity index (χ2v) is 5.40. The third-order valence-electron chi connectivity index (χ3n) is 3.63. The number of carboxylic acids is 1. The van der Waals surface area contributed by atoms with Crippen molar-refractivity contribution in [3.05, 3.63) is 0 Å². The lowest BCUT2D eigenvalue weighted by Crippen LogP contribution is -2.43. The molecule has 0 aromatic heterocycles. The summed E-state index contributed by atoms with van der Waals surface area (Å²) in [5, 5.41) is 14.3. The van der Waals surface area contributed by atoms with E-state index in [1.165, 1.54) is 0 Å². The van der Waals surface area contributed by atoms with Crippen LogP contribution in [0.3, 0.4) is 0 Å². The summed E-state index contributed by atoms with van der Waals surface area (Å²) in [5.41, 5.74) is 0. The van der Waals surface area contributed by atoms with Crippen LogP contribution in [0.25, 0.3) is 0 Å². The normalized spacial score (nSPS) is 15.4. The average molecular weight is 272 g/mol. The molecular formula is C14H28N2O3. The molecule has 0 rings (SSSR count). The second kappa shape index (κ2) is 9.64. The molecule has 0 aliphatic heterocycles. The molecule has 3 N–H and O–H groups in total. The second-order valence-electron chi connectivity index (χ2n) is 5.40. The summed E-state index contributed by atoms with van der Waals surface area (Å²) in [6.07, 6.45) is 2.69. The van der Waals surface area contributed by atoms with Crippen molar-refractivity contribution >= 4 is 12.0 Å². The molecule has 0 aromatic carbocycles. The number of carbonyl (C=O) groups is 2. The molecule has 0 heterocycles. The van der Waals surface area contributed by atoms with Crippen LogP contribution in [0.2, 0.25) is 0 Å². The molecule has 0 aliphatic rings. The number of urea groups is 1. The van der Waals surface area contributed by atoms with Gasteiger partial charge in [-0.3, -0.25) is 4.79 Å². The number of carbonyl (C=O) groups excluding carboxylic acids is 1. The van der Waals surface area contributed by atoms with E-state index >= 15 is 0 Å². The SMILES string of the molecule is CCC(C)C(C)NC(=O)NCCC(C)CCC(=O)O. The van der Waals surface area contributed by atoms with Crippen molar-refractivity contribution in [1.29, 1.82) is 0 Å². The van der Waals surface area contributed by atoms with E-state index in [2.05, 4.69) is 24.5 Å². The topological polar surface area (TPSA) is 78.4 Å². The summed E-state index contributed by atoms with van der Waals surface area (Å²) in [7, 11) is 0. The predicted molar refractivity (Wildman–Crippen MR) is 76.1 cm³/mol. The zero-order valence-corrected chi connectivity index (χ0v) is 12.5. The first-order valence-electron chi connectivity index (χ1n) is 7.12. The molecule has 0 aliphatic carbocycles. The summed E-state index contributed by atoms with van der Waals surface area (Å²) in [6, 6.07) is 0.0210. The highest BCUT2D eigenvalue weighted by atomic mass is 16.4. The molecule has 112 valence electrons. The van der Waals surface area contributed by atoms with Gasteiger partial charge in [0.2, 0.25) is 0 Å². The van der Waals surface area contributed by atoms with E-state index in [4.69, 9.17) is 5.11 Å². The Balaban J connectivity index is 3.71. The maximum absolute atomic E-state index is 11.6. The van der Waals surface area contributed by atoms with Gasteiger partial charge in [-0.05, 0) is 31.6 Å². The predicted octanol–water partition coefficient (Wildman–Crippen LogP) is 2.61. The Morgan fingerprint density at radius 1 is 1.16 bits per heavy atom. The third kappa shape index (κ3) is 9.33. The Bertz CT molecular complexity index is 282. The number of nitrogens with one attached hydrogen (secondary N) is 2. The molecular weight excluding hydrogens is 244 g/mol. The minimum absolute atomic E-state index is 0.141. The molecule has 2 amide bonds. The highest BCUT2D eigenvalue weighted by Crippen LogP contribution is 2.09. The first kappa shape index (κ1) is 17.7. The van der Waals surface area contributed by atoms with E-state index in [0.29, 0.717) is 24.8 Å². The lowest BCUT2D eigenvalue weighted by Gasteiger charge is -2.20. The molecule has 0 fully saturated rings. The van der Waals surface area contributed by atoms with Crippen LogP contribution >= 0.6 is 0 Å². The van der Waals surface area contributed by atoms with Gasteiger partial charge in [-0.25, -0.2) is 4.79 Å². The molecule has 0 saturated carbocycles. The van der Waals surface area contributed by atoms with Crippen molar-refractivity contribution in [2.45, 2.75) is 59.4 Å². The molecule has 5 heteroatoms. The van der Waals surface area contributed by atoms with E-state index in [0.717, 1.165) is 12.8 Å². The summed E-state index contributed by atoms with van der Waals surface area (Å²) < 4.78 is 0. The van der Waals surface area contributed by atoms with Gasteiger partial charge in [0.25, 0.3) is 0 Å². The number of aliphatic carboxylic acids is 1. The lowest BCUT2D eigenvalue weighted by molar-refractivity contribution is -0.137. The Kier molecular flexibility index (Phi) is 9.00. The minimum Gasteiger partial charge on any atom is -0.481 e. The van der Waals surface area contributed by atoms with E-state index < -0.39 is 5.97 Å². The number of hydrogen-bond acceptors (Lipinski definition) is 2.